The van der Waals surface area contributed by atoms with E-state index in [1.807, 2.05) is 30.3 Å². The predicted octanol–water partition coefficient (Wildman–Crippen LogP) is 2.50. The van der Waals surface area contributed by atoms with E-state index >= 15 is 0 Å². The Morgan fingerprint density at radius 3 is 2.53 bits per heavy atom. The molecule has 0 fully saturated rings. The minimum atomic E-state index is -3.32. The lowest BCUT2D eigenvalue weighted by Gasteiger charge is -2.12. The van der Waals surface area contributed by atoms with E-state index in [0.29, 0.717) is 12.2 Å². The van der Waals surface area contributed by atoms with Crippen LogP contribution in [0.1, 0.15) is 24.3 Å². The van der Waals surface area contributed by atoms with Gasteiger partial charge in [0.25, 0.3) is 0 Å². The summed E-state index contributed by atoms with van der Waals surface area (Å²) < 4.78 is 31.7. The number of aryl methyl sites for hydroxylation is 1. The topological polar surface area (TPSA) is 59.3 Å². The van der Waals surface area contributed by atoms with E-state index in [1.54, 1.807) is 19.1 Å². The van der Waals surface area contributed by atoms with E-state index in [1.165, 1.54) is 6.26 Å². The van der Waals surface area contributed by atoms with Crippen molar-refractivity contribution in [1.82, 2.24) is 4.72 Å². The van der Waals surface area contributed by atoms with Gasteiger partial charge in [-0.2, -0.15) is 0 Å². The number of hydrogen-bond acceptors (Lipinski definition) is 3. The second-order valence-electron chi connectivity index (χ2n) is 4.41. The number of sulfonamides is 1. The first kappa shape index (κ1) is 13.8. The summed E-state index contributed by atoms with van der Waals surface area (Å²) in [7, 11) is -3.32. The van der Waals surface area contributed by atoms with Crippen molar-refractivity contribution in [1.29, 1.82) is 0 Å². The molecule has 2 aromatic rings. The summed E-state index contributed by atoms with van der Waals surface area (Å²) in [6.45, 7) is 1.76. The van der Waals surface area contributed by atoms with Crippen molar-refractivity contribution in [2.45, 2.75) is 19.4 Å². The van der Waals surface area contributed by atoms with Crippen molar-refractivity contribution >= 4 is 10.0 Å². The molecule has 1 unspecified atom stereocenters. The summed E-state index contributed by atoms with van der Waals surface area (Å²) in [6, 6.07) is 12.7. The number of furan rings is 1. The third kappa shape index (κ3) is 4.22. The van der Waals surface area contributed by atoms with Gasteiger partial charge in [0, 0.05) is 0 Å². The molecule has 1 atom stereocenters. The summed E-state index contributed by atoms with van der Waals surface area (Å²) in [5.41, 5.74) is 1.01. The Bertz CT molecular complexity index is 591. The molecule has 19 heavy (non-hydrogen) atoms. The molecule has 102 valence electrons. The number of benzene rings is 1. The smallest absolute Gasteiger partial charge is 0.212 e. The van der Waals surface area contributed by atoms with Crippen LogP contribution in [0.25, 0.3) is 0 Å². The fraction of sp³-hybridized carbons (Fsp3) is 0.286. The van der Waals surface area contributed by atoms with Crippen molar-refractivity contribution < 1.29 is 12.8 Å². The van der Waals surface area contributed by atoms with Crippen LogP contribution in [0.5, 0.6) is 0 Å². The normalized spacial score (nSPS) is 13.3. The minimum absolute atomic E-state index is 0.0715. The zero-order chi connectivity index (χ0) is 13.7. The van der Waals surface area contributed by atoms with Crippen LogP contribution >= 0.6 is 0 Å². The molecule has 0 saturated carbocycles. The van der Waals surface area contributed by atoms with Gasteiger partial charge in [0.1, 0.15) is 5.76 Å². The zero-order valence-electron chi connectivity index (χ0n) is 10.7. The van der Waals surface area contributed by atoms with Crippen LogP contribution in [0.15, 0.2) is 53.1 Å². The van der Waals surface area contributed by atoms with Gasteiger partial charge in [0.2, 0.25) is 10.0 Å². The molecule has 0 aliphatic rings. The Morgan fingerprint density at radius 2 is 1.89 bits per heavy atom. The zero-order valence-corrected chi connectivity index (χ0v) is 11.6. The van der Waals surface area contributed by atoms with Crippen molar-refractivity contribution in [2.75, 3.05) is 5.75 Å². The number of nitrogens with one attached hydrogen (secondary N) is 1. The van der Waals surface area contributed by atoms with E-state index < -0.39 is 10.0 Å². The van der Waals surface area contributed by atoms with Gasteiger partial charge in [-0.15, -0.1) is 0 Å². The van der Waals surface area contributed by atoms with Gasteiger partial charge < -0.3 is 4.42 Å². The van der Waals surface area contributed by atoms with E-state index in [0.717, 1.165) is 5.56 Å². The molecule has 0 radical (unpaired) electrons. The van der Waals surface area contributed by atoms with E-state index in [9.17, 15) is 8.42 Å². The van der Waals surface area contributed by atoms with Gasteiger partial charge in [-0.25, -0.2) is 13.1 Å². The highest BCUT2D eigenvalue weighted by molar-refractivity contribution is 7.89. The summed E-state index contributed by atoms with van der Waals surface area (Å²) >= 11 is 0. The van der Waals surface area contributed by atoms with Crippen molar-refractivity contribution in [3.63, 3.8) is 0 Å². The van der Waals surface area contributed by atoms with Gasteiger partial charge in [-0.3, -0.25) is 0 Å². The fourth-order valence-corrected chi connectivity index (χ4v) is 3.10. The molecule has 1 aromatic heterocycles. The molecule has 0 spiro atoms. The molecule has 5 heteroatoms. The summed E-state index contributed by atoms with van der Waals surface area (Å²) in [5, 5.41) is 0. The highest BCUT2D eigenvalue weighted by atomic mass is 32.2. The Balaban J connectivity index is 1.92. The molecule has 0 bridgehead atoms. The first-order valence-electron chi connectivity index (χ1n) is 6.14. The van der Waals surface area contributed by atoms with Crippen LogP contribution in [0.4, 0.5) is 0 Å². The maximum Gasteiger partial charge on any atom is 0.212 e. The summed E-state index contributed by atoms with van der Waals surface area (Å²) in [4.78, 5) is 0. The summed E-state index contributed by atoms with van der Waals surface area (Å²) in [5.74, 6) is 0.686. The largest absolute Gasteiger partial charge is 0.468 e. The van der Waals surface area contributed by atoms with Crippen LogP contribution in [0, 0.1) is 0 Å². The molecule has 0 aliphatic carbocycles. The third-order valence-corrected chi connectivity index (χ3v) is 4.28. The second kappa shape index (κ2) is 6.04. The molecule has 1 aromatic carbocycles. The van der Waals surface area contributed by atoms with Crippen LogP contribution in [-0.4, -0.2) is 14.2 Å². The molecule has 1 N–H and O–H groups in total. The number of rotatable bonds is 6. The first-order valence-corrected chi connectivity index (χ1v) is 7.79. The van der Waals surface area contributed by atoms with E-state index in [4.69, 9.17) is 4.42 Å². The first-order chi connectivity index (χ1) is 9.07. The minimum Gasteiger partial charge on any atom is -0.468 e. The van der Waals surface area contributed by atoms with Crippen LogP contribution in [-0.2, 0) is 16.4 Å². The Hall–Kier alpha value is -1.59. The second-order valence-corrected chi connectivity index (χ2v) is 6.28. The molecule has 0 saturated heterocycles. The molecule has 0 aliphatic heterocycles. The molecular formula is C14H17NO3S. The Morgan fingerprint density at radius 1 is 1.16 bits per heavy atom. The lowest BCUT2D eigenvalue weighted by molar-refractivity contribution is 0.459. The van der Waals surface area contributed by atoms with Crippen molar-refractivity contribution in [3.05, 3.63) is 60.1 Å². The van der Waals surface area contributed by atoms with E-state index in [-0.39, 0.29) is 11.8 Å². The standard InChI is InChI=1S/C14H17NO3S/c1-12(14-8-5-10-18-14)15-19(16,17)11-9-13-6-3-2-4-7-13/h2-8,10,12,15H,9,11H2,1H3. The average molecular weight is 279 g/mol. The van der Waals surface area contributed by atoms with Gasteiger partial charge in [0.05, 0.1) is 18.1 Å². The predicted molar refractivity (Wildman–Crippen MR) is 74.2 cm³/mol. The SMILES string of the molecule is CC(NS(=O)(=O)CCc1ccccc1)c1ccco1. The van der Waals surface area contributed by atoms with Gasteiger partial charge in [0.15, 0.2) is 0 Å². The lowest BCUT2D eigenvalue weighted by Crippen LogP contribution is -2.29. The molecular weight excluding hydrogens is 262 g/mol. The molecule has 1 heterocycles. The Kier molecular flexibility index (Phi) is 4.39. The van der Waals surface area contributed by atoms with Crippen molar-refractivity contribution in [3.8, 4) is 0 Å². The highest BCUT2D eigenvalue weighted by Gasteiger charge is 2.17. The van der Waals surface area contributed by atoms with Gasteiger partial charge in [-0.1, -0.05) is 30.3 Å². The van der Waals surface area contributed by atoms with Gasteiger partial charge in [-0.05, 0) is 31.0 Å². The van der Waals surface area contributed by atoms with Crippen LogP contribution < -0.4 is 4.72 Å². The molecule has 4 nitrogen and oxygen atoms in total. The van der Waals surface area contributed by atoms with Crippen LogP contribution in [0.3, 0.4) is 0 Å². The lowest BCUT2D eigenvalue weighted by atomic mass is 10.2. The van der Waals surface area contributed by atoms with Crippen molar-refractivity contribution in [2.24, 2.45) is 0 Å². The van der Waals surface area contributed by atoms with Crippen LogP contribution in [0.2, 0.25) is 0 Å². The Labute approximate surface area is 113 Å². The van der Waals surface area contributed by atoms with Gasteiger partial charge >= 0.3 is 0 Å². The van der Waals surface area contributed by atoms with E-state index in [2.05, 4.69) is 4.72 Å². The fourth-order valence-electron chi connectivity index (χ4n) is 1.82. The monoisotopic (exact) mass is 279 g/mol. The summed E-state index contributed by atoms with van der Waals surface area (Å²) in [6.07, 6.45) is 2.03. The third-order valence-electron chi connectivity index (χ3n) is 2.83. The molecule has 2 rings (SSSR count). The maximum atomic E-state index is 12.0. The molecule has 0 amide bonds. The average Bonchev–Trinajstić information content (AvgIpc) is 2.91. The maximum absolute atomic E-state index is 12.0. The quantitative estimate of drug-likeness (QED) is 0.883. The highest BCUT2D eigenvalue weighted by Crippen LogP contribution is 2.13. The number of hydrogen-bond donors (Lipinski definition) is 1.